The summed E-state index contributed by atoms with van der Waals surface area (Å²) in [5, 5.41) is 17.9. The molecule has 0 bridgehead atoms. The number of aromatic nitrogens is 1. The number of hydrogen-bond donors (Lipinski definition) is 3. The lowest BCUT2D eigenvalue weighted by Crippen LogP contribution is -2.40. The second-order valence-corrected chi connectivity index (χ2v) is 7.05. The van der Waals surface area contributed by atoms with Crippen LogP contribution in [0, 0.1) is 5.92 Å². The minimum atomic E-state index is -1.82. The molecule has 160 valence electrons. The van der Waals surface area contributed by atoms with Gasteiger partial charge in [-0.05, 0) is 49.5 Å². The van der Waals surface area contributed by atoms with E-state index >= 15 is 0 Å². The molecule has 1 aromatic heterocycles. The van der Waals surface area contributed by atoms with Crippen molar-refractivity contribution in [3.05, 3.63) is 66.0 Å². The largest absolute Gasteiger partial charge is 0.473 e. The van der Waals surface area contributed by atoms with Gasteiger partial charge in [0.15, 0.2) is 0 Å². The number of carboxylic acids is 2. The number of benzene rings is 1. The number of aliphatic carboxylic acids is 2. The number of nitrogens with one attached hydrogen (secondary N) is 1. The Balaban J connectivity index is 0.000000469. The van der Waals surface area contributed by atoms with E-state index in [1.165, 1.54) is 11.1 Å². The molecule has 8 heteroatoms. The molecule has 0 spiro atoms. The van der Waals surface area contributed by atoms with Crippen LogP contribution >= 0.6 is 0 Å². The Morgan fingerprint density at radius 3 is 2.17 bits per heavy atom. The number of nitrogens with zero attached hydrogens (tertiary/aromatic N) is 2. The molecule has 0 aliphatic carbocycles. The van der Waals surface area contributed by atoms with Gasteiger partial charge in [-0.2, -0.15) is 0 Å². The molecule has 0 atom stereocenters. The second-order valence-electron chi connectivity index (χ2n) is 7.05. The number of pyridine rings is 1. The quantitative estimate of drug-likeness (QED) is 0.618. The summed E-state index contributed by atoms with van der Waals surface area (Å²) in [6.07, 6.45) is 6.50. The van der Waals surface area contributed by atoms with Crippen LogP contribution in [0.2, 0.25) is 0 Å². The van der Waals surface area contributed by atoms with Gasteiger partial charge >= 0.3 is 11.9 Å². The van der Waals surface area contributed by atoms with Crippen molar-refractivity contribution in [3.8, 4) is 0 Å². The molecule has 2 heterocycles. The predicted octanol–water partition coefficient (Wildman–Crippen LogP) is 1.81. The molecule has 3 rings (SSSR count). The zero-order valence-corrected chi connectivity index (χ0v) is 16.7. The van der Waals surface area contributed by atoms with Crippen molar-refractivity contribution in [3.63, 3.8) is 0 Å². The predicted molar refractivity (Wildman–Crippen MR) is 111 cm³/mol. The first-order valence-electron chi connectivity index (χ1n) is 9.85. The highest BCUT2D eigenvalue weighted by atomic mass is 16.4. The van der Waals surface area contributed by atoms with E-state index in [4.69, 9.17) is 19.8 Å². The van der Waals surface area contributed by atoms with Crippen LogP contribution in [0.4, 0.5) is 0 Å². The van der Waals surface area contributed by atoms with E-state index in [-0.39, 0.29) is 11.8 Å². The van der Waals surface area contributed by atoms with Crippen LogP contribution in [-0.4, -0.2) is 57.6 Å². The molecule has 0 saturated carbocycles. The Kier molecular flexibility index (Phi) is 9.47. The summed E-state index contributed by atoms with van der Waals surface area (Å²) in [4.78, 5) is 37.1. The lowest BCUT2D eigenvalue weighted by molar-refractivity contribution is -0.159. The zero-order chi connectivity index (χ0) is 21.8. The molecule has 3 N–H and O–H groups in total. The summed E-state index contributed by atoms with van der Waals surface area (Å²) in [6, 6.07) is 14.4. The number of carboxylic acid groups (broad SMARTS) is 2. The Morgan fingerprint density at radius 1 is 0.967 bits per heavy atom. The van der Waals surface area contributed by atoms with Crippen LogP contribution in [0.1, 0.15) is 24.0 Å². The lowest BCUT2D eigenvalue weighted by Gasteiger charge is -2.31. The first-order valence-corrected chi connectivity index (χ1v) is 9.85. The number of amides is 1. The monoisotopic (exact) mass is 413 g/mol. The third-order valence-electron chi connectivity index (χ3n) is 4.83. The normalized spacial score (nSPS) is 14.3. The zero-order valence-electron chi connectivity index (χ0n) is 16.7. The average Bonchev–Trinajstić information content (AvgIpc) is 2.76. The Bertz CT molecular complexity index is 794. The van der Waals surface area contributed by atoms with Crippen molar-refractivity contribution in [2.24, 2.45) is 5.92 Å². The Morgan fingerprint density at radius 2 is 1.60 bits per heavy atom. The molecule has 2 aromatic rings. The van der Waals surface area contributed by atoms with E-state index in [0.29, 0.717) is 0 Å². The van der Waals surface area contributed by atoms with Crippen LogP contribution in [-0.2, 0) is 27.3 Å². The molecular formula is C22H27N3O5. The third kappa shape index (κ3) is 8.40. The van der Waals surface area contributed by atoms with Crippen molar-refractivity contribution in [1.82, 2.24) is 15.2 Å². The number of piperidine rings is 1. The van der Waals surface area contributed by atoms with Crippen molar-refractivity contribution in [1.29, 1.82) is 0 Å². The van der Waals surface area contributed by atoms with Gasteiger partial charge < -0.3 is 15.5 Å². The molecule has 8 nitrogen and oxygen atoms in total. The van der Waals surface area contributed by atoms with Gasteiger partial charge in [0.05, 0.1) is 0 Å². The summed E-state index contributed by atoms with van der Waals surface area (Å²) >= 11 is 0. The Hall–Kier alpha value is -3.26. The van der Waals surface area contributed by atoms with Gasteiger partial charge in [-0.1, -0.05) is 36.4 Å². The maximum atomic E-state index is 12.3. The fourth-order valence-electron chi connectivity index (χ4n) is 3.22. The number of carbonyl (C=O) groups excluding carboxylic acids is 1. The fourth-order valence-corrected chi connectivity index (χ4v) is 3.22. The van der Waals surface area contributed by atoms with Gasteiger partial charge in [-0.25, -0.2) is 9.59 Å². The minimum Gasteiger partial charge on any atom is -0.473 e. The second kappa shape index (κ2) is 12.3. The standard InChI is InChI=1S/C20H25N3O.C2H2O4/c24-20(22-12-8-17-5-2-1-3-6-17)19-9-13-23(14-10-19)16-18-7-4-11-21-15-18;3-1(4)2(5)6/h1-7,11,15,19H,8-10,12-14,16H2,(H,22,24);(H,3,4)(H,5,6). The van der Waals surface area contributed by atoms with Crippen LogP contribution in [0.3, 0.4) is 0 Å². The molecule has 0 unspecified atom stereocenters. The van der Waals surface area contributed by atoms with Gasteiger partial charge in [0.25, 0.3) is 0 Å². The number of hydrogen-bond acceptors (Lipinski definition) is 5. The molecule has 1 aliphatic rings. The van der Waals surface area contributed by atoms with Crippen LogP contribution in [0.5, 0.6) is 0 Å². The molecule has 1 saturated heterocycles. The van der Waals surface area contributed by atoms with Gasteiger partial charge in [0.1, 0.15) is 0 Å². The fraction of sp³-hybridized carbons (Fsp3) is 0.364. The van der Waals surface area contributed by atoms with E-state index in [1.807, 2.05) is 30.5 Å². The highest BCUT2D eigenvalue weighted by molar-refractivity contribution is 6.27. The Labute approximate surface area is 175 Å². The molecular weight excluding hydrogens is 386 g/mol. The maximum Gasteiger partial charge on any atom is 0.414 e. The van der Waals surface area contributed by atoms with E-state index in [0.717, 1.165) is 45.4 Å². The van der Waals surface area contributed by atoms with Crippen molar-refractivity contribution >= 4 is 17.8 Å². The summed E-state index contributed by atoms with van der Waals surface area (Å²) in [5.41, 5.74) is 2.51. The maximum absolute atomic E-state index is 12.3. The summed E-state index contributed by atoms with van der Waals surface area (Å²) in [5.74, 6) is -3.28. The van der Waals surface area contributed by atoms with Crippen LogP contribution < -0.4 is 5.32 Å². The molecule has 1 fully saturated rings. The smallest absolute Gasteiger partial charge is 0.414 e. The topological polar surface area (TPSA) is 120 Å². The molecule has 1 amide bonds. The highest BCUT2D eigenvalue weighted by Gasteiger charge is 2.24. The van der Waals surface area contributed by atoms with Crippen molar-refractivity contribution in [2.45, 2.75) is 25.8 Å². The minimum absolute atomic E-state index is 0.158. The van der Waals surface area contributed by atoms with E-state index in [1.54, 1.807) is 6.20 Å². The molecule has 0 radical (unpaired) electrons. The van der Waals surface area contributed by atoms with Gasteiger partial charge in [-0.15, -0.1) is 0 Å². The van der Waals surface area contributed by atoms with E-state index in [9.17, 15) is 4.79 Å². The number of rotatable bonds is 6. The van der Waals surface area contributed by atoms with Crippen molar-refractivity contribution < 1.29 is 24.6 Å². The van der Waals surface area contributed by atoms with Gasteiger partial charge in [0.2, 0.25) is 5.91 Å². The molecule has 1 aromatic carbocycles. The van der Waals surface area contributed by atoms with Crippen LogP contribution in [0.15, 0.2) is 54.9 Å². The summed E-state index contributed by atoms with van der Waals surface area (Å²) < 4.78 is 0. The van der Waals surface area contributed by atoms with Gasteiger partial charge in [-0.3, -0.25) is 14.7 Å². The van der Waals surface area contributed by atoms with E-state index in [2.05, 4.69) is 33.4 Å². The summed E-state index contributed by atoms with van der Waals surface area (Å²) in [6.45, 7) is 3.60. The first kappa shape index (κ1) is 23.0. The molecule has 30 heavy (non-hydrogen) atoms. The van der Waals surface area contributed by atoms with E-state index < -0.39 is 11.9 Å². The lowest BCUT2D eigenvalue weighted by atomic mass is 9.95. The third-order valence-corrected chi connectivity index (χ3v) is 4.83. The average molecular weight is 413 g/mol. The van der Waals surface area contributed by atoms with Crippen LogP contribution in [0.25, 0.3) is 0 Å². The highest BCUT2D eigenvalue weighted by Crippen LogP contribution is 2.19. The SMILES string of the molecule is O=C(NCCc1ccccc1)C1CCN(Cc2cccnc2)CC1.O=C(O)C(=O)O. The summed E-state index contributed by atoms with van der Waals surface area (Å²) in [7, 11) is 0. The number of carbonyl (C=O) groups is 3. The van der Waals surface area contributed by atoms with Gasteiger partial charge in [0, 0.05) is 31.4 Å². The van der Waals surface area contributed by atoms with Crippen molar-refractivity contribution in [2.75, 3.05) is 19.6 Å². The molecule has 1 aliphatic heterocycles. The number of likely N-dealkylation sites (tertiary alicyclic amines) is 1. The first-order chi connectivity index (χ1) is 14.5.